The van der Waals surface area contributed by atoms with Crippen LogP contribution in [0.5, 0.6) is 0 Å². The lowest BCUT2D eigenvalue weighted by molar-refractivity contribution is 0.518. The van der Waals surface area contributed by atoms with E-state index in [-0.39, 0.29) is 0 Å². The van der Waals surface area contributed by atoms with Gasteiger partial charge in [-0.2, -0.15) is 11.8 Å². The molecule has 0 bridgehead atoms. The topological polar surface area (TPSA) is 0 Å². The molecule has 1 fully saturated rings. The summed E-state index contributed by atoms with van der Waals surface area (Å²) in [5, 5.41) is 0. The van der Waals surface area contributed by atoms with Crippen LogP contribution in [0.15, 0.2) is 0 Å². The van der Waals surface area contributed by atoms with Gasteiger partial charge >= 0.3 is 0 Å². The first-order chi connectivity index (χ1) is 13.0. The molecule has 1 aliphatic heterocycles. The second-order valence-corrected chi connectivity index (χ2v) is 9.97. The molecule has 0 radical (unpaired) electrons. The van der Waals surface area contributed by atoms with E-state index in [1.165, 1.54) is 159 Å². The molecule has 0 atom stereocenters. The number of thioether (sulfide) groups is 1. The highest BCUT2D eigenvalue weighted by Gasteiger charge is 1.97. The summed E-state index contributed by atoms with van der Waals surface area (Å²) in [7, 11) is 0. The predicted molar refractivity (Wildman–Crippen MR) is 124 cm³/mol. The SMILES string of the molecule is C1CCCCCCCCCCCCSCCCCCCCCCCCC1. The van der Waals surface area contributed by atoms with Crippen molar-refractivity contribution in [2.24, 2.45) is 0 Å². The Morgan fingerprint density at radius 3 is 0.538 bits per heavy atom. The van der Waals surface area contributed by atoms with Gasteiger partial charge in [0.25, 0.3) is 0 Å². The van der Waals surface area contributed by atoms with Crippen molar-refractivity contribution in [1.29, 1.82) is 0 Å². The van der Waals surface area contributed by atoms with Crippen LogP contribution in [0, 0.1) is 0 Å². The lowest BCUT2D eigenvalue weighted by Crippen LogP contribution is -1.87. The molecule has 26 heavy (non-hydrogen) atoms. The zero-order valence-electron chi connectivity index (χ0n) is 18.1. The summed E-state index contributed by atoms with van der Waals surface area (Å²) in [6.45, 7) is 0. The largest absolute Gasteiger partial charge is 0.162 e. The Hall–Kier alpha value is 0.350. The molecule has 156 valence electrons. The van der Waals surface area contributed by atoms with Gasteiger partial charge in [-0.15, -0.1) is 0 Å². The van der Waals surface area contributed by atoms with Gasteiger partial charge in [0, 0.05) is 0 Å². The number of hydrogen-bond acceptors (Lipinski definition) is 1. The van der Waals surface area contributed by atoms with Crippen molar-refractivity contribution >= 4 is 11.8 Å². The third-order valence-corrected chi connectivity index (χ3v) is 7.23. The van der Waals surface area contributed by atoms with E-state index in [0.717, 1.165) is 0 Å². The van der Waals surface area contributed by atoms with Gasteiger partial charge in [-0.3, -0.25) is 0 Å². The summed E-state index contributed by atoms with van der Waals surface area (Å²) in [6, 6.07) is 0. The van der Waals surface area contributed by atoms with Crippen molar-refractivity contribution in [2.75, 3.05) is 11.5 Å². The normalized spacial score (nSPS) is 24.0. The van der Waals surface area contributed by atoms with E-state index in [2.05, 4.69) is 11.8 Å². The quantitative estimate of drug-likeness (QED) is 0.401. The lowest BCUT2D eigenvalue weighted by Gasteiger charge is -2.05. The standard InChI is InChI=1S/C25H50S/c1-2-4-6-8-10-12-14-16-18-20-22-24-26-25-23-21-19-17-15-13-11-9-7-5-3-1/h1-25H2. The van der Waals surface area contributed by atoms with Crippen LogP contribution in [0.2, 0.25) is 0 Å². The molecule has 0 aliphatic carbocycles. The second kappa shape index (κ2) is 21.6. The van der Waals surface area contributed by atoms with Crippen molar-refractivity contribution < 1.29 is 0 Å². The third-order valence-electron chi connectivity index (χ3n) is 6.08. The Balaban J connectivity index is 2.00. The third kappa shape index (κ3) is 19.1. The molecule has 1 heteroatoms. The van der Waals surface area contributed by atoms with Crippen molar-refractivity contribution in [3.63, 3.8) is 0 Å². The van der Waals surface area contributed by atoms with E-state index in [4.69, 9.17) is 0 Å². The van der Waals surface area contributed by atoms with E-state index in [9.17, 15) is 0 Å². The van der Waals surface area contributed by atoms with E-state index < -0.39 is 0 Å². The highest BCUT2D eigenvalue weighted by atomic mass is 32.2. The summed E-state index contributed by atoms with van der Waals surface area (Å²) in [6.07, 6.45) is 34.3. The first-order valence-electron chi connectivity index (χ1n) is 12.6. The molecule has 0 saturated carbocycles. The predicted octanol–water partition coefficient (Wildman–Crippen LogP) is 9.71. The monoisotopic (exact) mass is 382 g/mol. The molecule has 1 rings (SSSR count). The van der Waals surface area contributed by atoms with Crippen LogP contribution in [-0.4, -0.2) is 11.5 Å². The molecular weight excluding hydrogens is 332 g/mol. The molecule has 0 nitrogen and oxygen atoms in total. The number of rotatable bonds is 0. The maximum atomic E-state index is 2.22. The average molecular weight is 383 g/mol. The van der Waals surface area contributed by atoms with Crippen LogP contribution >= 0.6 is 11.8 Å². The fourth-order valence-corrected chi connectivity index (χ4v) is 5.24. The maximum absolute atomic E-state index is 2.22. The fraction of sp³-hybridized carbons (Fsp3) is 1.00. The number of hydrogen-bond donors (Lipinski definition) is 0. The second-order valence-electron chi connectivity index (χ2n) is 8.74. The molecule has 1 aliphatic rings. The van der Waals surface area contributed by atoms with Crippen LogP contribution in [0.1, 0.15) is 148 Å². The molecular formula is C25H50S. The Morgan fingerprint density at radius 2 is 0.346 bits per heavy atom. The van der Waals surface area contributed by atoms with Crippen molar-refractivity contribution in [3.8, 4) is 0 Å². The summed E-state index contributed by atoms with van der Waals surface area (Å²) in [5.74, 6) is 2.83. The van der Waals surface area contributed by atoms with Crippen LogP contribution in [0.3, 0.4) is 0 Å². The van der Waals surface area contributed by atoms with Crippen molar-refractivity contribution in [3.05, 3.63) is 0 Å². The van der Waals surface area contributed by atoms with Gasteiger partial charge in [0.15, 0.2) is 0 Å². The molecule has 0 aromatic carbocycles. The van der Waals surface area contributed by atoms with Gasteiger partial charge < -0.3 is 0 Å². The molecule has 1 heterocycles. The lowest BCUT2D eigenvalue weighted by atomic mass is 10.0. The Morgan fingerprint density at radius 1 is 0.192 bits per heavy atom. The van der Waals surface area contributed by atoms with Gasteiger partial charge in [-0.25, -0.2) is 0 Å². The van der Waals surface area contributed by atoms with Gasteiger partial charge in [0.05, 0.1) is 0 Å². The van der Waals surface area contributed by atoms with Crippen molar-refractivity contribution in [2.45, 2.75) is 148 Å². The van der Waals surface area contributed by atoms with Gasteiger partial charge in [-0.05, 0) is 24.3 Å². The van der Waals surface area contributed by atoms with Gasteiger partial charge in [0.1, 0.15) is 0 Å². The minimum atomic E-state index is 1.42. The van der Waals surface area contributed by atoms with E-state index in [0.29, 0.717) is 0 Å². The smallest absolute Gasteiger partial charge is 0.00675 e. The summed E-state index contributed by atoms with van der Waals surface area (Å²) in [4.78, 5) is 0. The zero-order valence-corrected chi connectivity index (χ0v) is 18.9. The van der Waals surface area contributed by atoms with Gasteiger partial charge in [-0.1, -0.05) is 135 Å². The molecule has 0 N–H and O–H groups in total. The average Bonchev–Trinajstić information content (AvgIpc) is 2.65. The summed E-state index contributed by atoms with van der Waals surface area (Å²) < 4.78 is 0. The van der Waals surface area contributed by atoms with E-state index >= 15 is 0 Å². The van der Waals surface area contributed by atoms with Crippen LogP contribution < -0.4 is 0 Å². The van der Waals surface area contributed by atoms with Gasteiger partial charge in [0.2, 0.25) is 0 Å². The summed E-state index contributed by atoms with van der Waals surface area (Å²) in [5.41, 5.74) is 0. The van der Waals surface area contributed by atoms with Crippen molar-refractivity contribution in [1.82, 2.24) is 0 Å². The Bertz CT molecular complexity index is 128. The molecule has 1 saturated heterocycles. The first-order valence-corrected chi connectivity index (χ1v) is 13.7. The molecule has 0 amide bonds. The molecule has 0 aromatic heterocycles. The summed E-state index contributed by atoms with van der Waals surface area (Å²) >= 11 is 2.22. The Kier molecular flexibility index (Phi) is 20.3. The minimum Gasteiger partial charge on any atom is -0.162 e. The zero-order chi connectivity index (χ0) is 18.4. The highest BCUT2D eigenvalue weighted by molar-refractivity contribution is 7.99. The van der Waals surface area contributed by atoms with Crippen LogP contribution in [-0.2, 0) is 0 Å². The highest BCUT2D eigenvalue weighted by Crippen LogP contribution is 2.17. The molecule has 0 unspecified atom stereocenters. The van der Waals surface area contributed by atoms with E-state index in [1.54, 1.807) is 0 Å². The van der Waals surface area contributed by atoms with E-state index in [1.807, 2.05) is 0 Å². The molecule has 0 aromatic rings. The molecule has 0 spiro atoms. The first kappa shape index (κ1) is 24.4. The minimum absolute atomic E-state index is 1.42. The fourth-order valence-electron chi connectivity index (χ4n) is 4.22. The van der Waals surface area contributed by atoms with Crippen LogP contribution in [0.4, 0.5) is 0 Å². The maximum Gasteiger partial charge on any atom is -0.00675 e. The van der Waals surface area contributed by atoms with Crippen LogP contribution in [0.25, 0.3) is 0 Å². The Labute approximate surface area is 171 Å².